The number of carbonyl (C=O) groups excluding carboxylic acids is 5. The van der Waals surface area contributed by atoms with Crippen LogP contribution in [0.1, 0.15) is 34.5 Å². The summed E-state index contributed by atoms with van der Waals surface area (Å²) in [6, 6.07) is 4.29. The van der Waals surface area contributed by atoms with Gasteiger partial charge >= 0.3 is 18.1 Å². The van der Waals surface area contributed by atoms with Crippen LogP contribution in [0, 0.1) is 0 Å². The number of alkyl halides is 3. The van der Waals surface area contributed by atoms with Crippen molar-refractivity contribution in [1.29, 1.82) is 0 Å². The van der Waals surface area contributed by atoms with Gasteiger partial charge < -0.3 is 19.5 Å². The highest BCUT2D eigenvalue weighted by molar-refractivity contribution is 6.06. The average molecular weight is 493 g/mol. The van der Waals surface area contributed by atoms with Crippen LogP contribution in [0.5, 0.6) is 0 Å². The van der Waals surface area contributed by atoms with Crippen LogP contribution in [-0.4, -0.2) is 56.3 Å². The van der Waals surface area contributed by atoms with E-state index in [2.05, 4.69) is 20.4 Å². The monoisotopic (exact) mass is 493 g/mol. The van der Waals surface area contributed by atoms with Crippen LogP contribution in [0.3, 0.4) is 0 Å². The Morgan fingerprint density at radius 2 is 2.00 bits per heavy atom. The molecule has 3 amide bonds. The van der Waals surface area contributed by atoms with Crippen molar-refractivity contribution in [2.75, 3.05) is 5.32 Å². The number of rotatable bonds is 6. The Hall–Kier alpha value is -4.23. The zero-order valence-corrected chi connectivity index (χ0v) is 17.9. The molecule has 0 bridgehead atoms. The molecule has 35 heavy (non-hydrogen) atoms. The van der Waals surface area contributed by atoms with Gasteiger partial charge in [0.05, 0.1) is 18.6 Å². The number of imidazole rings is 1. The summed E-state index contributed by atoms with van der Waals surface area (Å²) in [4.78, 5) is 64.2. The van der Waals surface area contributed by atoms with Gasteiger partial charge in [0.1, 0.15) is 12.6 Å². The summed E-state index contributed by atoms with van der Waals surface area (Å²) in [7, 11) is 0. The van der Waals surface area contributed by atoms with Crippen LogP contribution in [0.15, 0.2) is 30.7 Å². The highest BCUT2D eigenvalue weighted by atomic mass is 19.4. The van der Waals surface area contributed by atoms with Gasteiger partial charge in [-0.25, -0.2) is 14.6 Å². The molecule has 11 nitrogen and oxygen atoms in total. The van der Waals surface area contributed by atoms with E-state index >= 15 is 0 Å². The quantitative estimate of drug-likeness (QED) is 0.344. The molecule has 4 rings (SSSR count). The maximum Gasteiger partial charge on any atom is 0.491 e. The number of ether oxygens (including phenoxy) is 1. The molecule has 1 fully saturated rings. The molecule has 2 N–H and O–H groups in total. The summed E-state index contributed by atoms with van der Waals surface area (Å²) in [5, 5.41) is 5.36. The van der Waals surface area contributed by atoms with Crippen molar-refractivity contribution in [1.82, 2.24) is 19.8 Å². The van der Waals surface area contributed by atoms with E-state index in [4.69, 9.17) is 0 Å². The van der Waals surface area contributed by atoms with Crippen LogP contribution < -0.4 is 10.6 Å². The van der Waals surface area contributed by atoms with Gasteiger partial charge in [-0.05, 0) is 18.6 Å². The summed E-state index contributed by atoms with van der Waals surface area (Å²) in [6.45, 7) is -0.339. The molecular weight excluding hydrogens is 475 g/mol. The number of hydrogen-bond acceptors (Lipinski definition) is 8. The lowest BCUT2D eigenvalue weighted by Crippen LogP contribution is -2.52. The second-order valence-corrected chi connectivity index (χ2v) is 7.88. The second-order valence-electron chi connectivity index (χ2n) is 7.88. The van der Waals surface area contributed by atoms with Gasteiger partial charge in [0, 0.05) is 36.0 Å². The number of fused-ring (bicyclic) bond motifs is 1. The first-order valence-electron chi connectivity index (χ1n) is 10.4. The molecule has 1 saturated heterocycles. The van der Waals surface area contributed by atoms with Crippen LogP contribution in [0.25, 0.3) is 0 Å². The Balaban J connectivity index is 1.38. The fourth-order valence-electron chi connectivity index (χ4n) is 3.86. The van der Waals surface area contributed by atoms with E-state index in [1.165, 1.54) is 17.4 Å². The fourth-order valence-corrected chi connectivity index (χ4v) is 3.86. The number of esters is 2. The largest absolute Gasteiger partial charge is 0.491 e. The molecule has 0 spiro atoms. The SMILES string of the molecule is O=C1CCC(N2Cc3c(NCc4cn(CC(=O)OC(=O)C(F)(F)F)cn4)cccc3C2=O)C(=O)N1. The van der Waals surface area contributed by atoms with Crippen molar-refractivity contribution in [3.8, 4) is 0 Å². The van der Waals surface area contributed by atoms with Crippen LogP contribution in [0.4, 0.5) is 18.9 Å². The summed E-state index contributed by atoms with van der Waals surface area (Å²) in [5.41, 5.74) is 2.11. The Morgan fingerprint density at radius 3 is 2.71 bits per heavy atom. The third-order valence-electron chi connectivity index (χ3n) is 5.48. The third kappa shape index (κ3) is 5.15. The lowest BCUT2D eigenvalue weighted by Gasteiger charge is -2.29. The van der Waals surface area contributed by atoms with Crippen molar-refractivity contribution in [3.63, 3.8) is 0 Å². The standard InChI is InChI=1S/C21H18F3N5O6/c22-21(23,24)20(34)35-17(31)9-28-7-11(26-10-28)6-25-14-3-1-2-12-13(14)8-29(19(12)33)15-4-5-16(30)27-18(15)32/h1-3,7,10,15,25H,4-6,8-9H2,(H,27,30,32). The lowest BCUT2D eigenvalue weighted by atomic mass is 10.0. The summed E-state index contributed by atoms with van der Waals surface area (Å²) < 4.78 is 41.5. The summed E-state index contributed by atoms with van der Waals surface area (Å²) >= 11 is 0. The number of nitrogens with zero attached hydrogens (tertiary/aromatic N) is 3. The molecule has 0 aliphatic carbocycles. The van der Waals surface area contributed by atoms with E-state index < -0.39 is 36.6 Å². The average Bonchev–Trinajstić information content (AvgIpc) is 3.36. The third-order valence-corrected chi connectivity index (χ3v) is 5.48. The predicted molar refractivity (Wildman–Crippen MR) is 109 cm³/mol. The first kappa shape index (κ1) is 23.9. The van der Waals surface area contributed by atoms with Gasteiger partial charge in [-0.3, -0.25) is 19.7 Å². The molecule has 14 heteroatoms. The molecule has 184 valence electrons. The van der Waals surface area contributed by atoms with Gasteiger partial charge in [0.25, 0.3) is 5.91 Å². The molecule has 0 saturated carbocycles. The number of imide groups is 1. The van der Waals surface area contributed by atoms with Crippen molar-refractivity contribution < 1.29 is 41.9 Å². The molecule has 0 radical (unpaired) electrons. The second kappa shape index (κ2) is 9.19. The molecule has 2 aromatic rings. The van der Waals surface area contributed by atoms with E-state index in [0.29, 0.717) is 22.5 Å². The number of nitrogens with one attached hydrogen (secondary N) is 2. The number of amides is 3. The molecule has 1 unspecified atom stereocenters. The minimum Gasteiger partial charge on any atom is -0.385 e. The van der Waals surface area contributed by atoms with Gasteiger partial charge in [-0.15, -0.1) is 0 Å². The predicted octanol–water partition coefficient (Wildman–Crippen LogP) is 0.888. The van der Waals surface area contributed by atoms with Crippen molar-refractivity contribution in [2.45, 2.75) is 44.7 Å². The molecule has 1 aromatic heterocycles. The van der Waals surface area contributed by atoms with E-state index in [0.717, 1.165) is 4.57 Å². The maximum atomic E-state index is 12.9. The zero-order chi connectivity index (χ0) is 25.3. The van der Waals surface area contributed by atoms with Crippen molar-refractivity contribution >= 4 is 35.3 Å². The molecule has 2 aliphatic heterocycles. The zero-order valence-electron chi connectivity index (χ0n) is 17.9. The molecular formula is C21H18F3N5O6. The lowest BCUT2D eigenvalue weighted by molar-refractivity contribution is -0.202. The molecule has 1 aromatic carbocycles. The highest BCUT2D eigenvalue weighted by Crippen LogP contribution is 2.32. The molecule has 2 aliphatic rings. The van der Waals surface area contributed by atoms with E-state index in [1.807, 2.05) is 0 Å². The smallest absolute Gasteiger partial charge is 0.385 e. The van der Waals surface area contributed by atoms with Gasteiger partial charge in [0.2, 0.25) is 11.8 Å². The Labute approximate surface area is 195 Å². The van der Waals surface area contributed by atoms with E-state index in [1.54, 1.807) is 18.2 Å². The number of anilines is 1. The first-order chi connectivity index (χ1) is 16.5. The van der Waals surface area contributed by atoms with Crippen LogP contribution >= 0.6 is 0 Å². The highest BCUT2D eigenvalue weighted by Gasteiger charge is 2.42. The maximum absolute atomic E-state index is 12.9. The van der Waals surface area contributed by atoms with Gasteiger partial charge in [0.15, 0.2) is 0 Å². The minimum atomic E-state index is -5.27. The topological polar surface area (TPSA) is 140 Å². The Bertz CT molecular complexity index is 1220. The number of hydrogen-bond donors (Lipinski definition) is 2. The number of aromatic nitrogens is 2. The summed E-state index contributed by atoms with van der Waals surface area (Å²) in [5.74, 6) is -5.20. The van der Waals surface area contributed by atoms with Crippen molar-refractivity contribution in [3.05, 3.63) is 47.5 Å². The van der Waals surface area contributed by atoms with Gasteiger partial charge in [-0.2, -0.15) is 13.2 Å². The van der Waals surface area contributed by atoms with Gasteiger partial charge in [-0.1, -0.05) is 6.07 Å². The van der Waals surface area contributed by atoms with Crippen molar-refractivity contribution in [2.24, 2.45) is 0 Å². The Morgan fingerprint density at radius 1 is 1.23 bits per heavy atom. The molecule has 1 atom stereocenters. The summed E-state index contributed by atoms with van der Waals surface area (Å²) in [6.07, 6.45) is -2.31. The number of piperidine rings is 1. The van der Waals surface area contributed by atoms with E-state index in [-0.39, 0.29) is 37.7 Å². The number of halogens is 3. The number of carbonyl (C=O) groups is 5. The minimum absolute atomic E-state index is 0.141. The number of benzene rings is 1. The normalized spacial score (nSPS) is 17.7. The first-order valence-corrected chi connectivity index (χ1v) is 10.4. The van der Waals surface area contributed by atoms with E-state index in [9.17, 15) is 37.1 Å². The van der Waals surface area contributed by atoms with Crippen LogP contribution in [0.2, 0.25) is 0 Å². The van der Waals surface area contributed by atoms with Crippen LogP contribution in [-0.2, 0) is 43.5 Å². The fraction of sp³-hybridized carbons (Fsp3) is 0.333. The Kier molecular flexibility index (Phi) is 6.28. The molecule has 3 heterocycles.